The predicted molar refractivity (Wildman–Crippen MR) is 22.1 cm³/mol. The van der Waals surface area contributed by atoms with Crippen molar-refractivity contribution in [3.63, 3.8) is 0 Å². The van der Waals surface area contributed by atoms with Gasteiger partial charge in [0.25, 0.3) is 0 Å². The van der Waals surface area contributed by atoms with Crippen LogP contribution in [0.3, 0.4) is 0 Å². The first-order valence-corrected chi connectivity index (χ1v) is 1.29. The molecule has 6 heavy (non-hydrogen) atoms. The molecule has 1 aromatic rings. The van der Waals surface area contributed by atoms with Gasteiger partial charge in [-0.15, -0.1) is 0 Å². The first-order chi connectivity index (χ1) is 2.50. The molecule has 28 valence electrons. The van der Waals surface area contributed by atoms with Gasteiger partial charge in [-0.2, -0.15) is 5.10 Å². The minimum atomic E-state index is 0. The van der Waals surface area contributed by atoms with E-state index in [1.807, 2.05) is 0 Å². The van der Waals surface area contributed by atoms with Gasteiger partial charge >= 0.3 is 0 Å². The van der Waals surface area contributed by atoms with Crippen LogP contribution in [0.2, 0.25) is 0 Å². The van der Waals surface area contributed by atoms with Gasteiger partial charge in [0.2, 0.25) is 0 Å². The summed E-state index contributed by atoms with van der Waals surface area (Å²) in [6, 6.07) is 0. The Kier molecular flexibility index (Phi) is 4.35. The summed E-state index contributed by atoms with van der Waals surface area (Å²) in [6.07, 6.45) is 2.96. The van der Waals surface area contributed by atoms with E-state index in [9.17, 15) is 0 Å². The molecule has 0 bridgehead atoms. The second-order valence-corrected chi connectivity index (χ2v) is 0.652. The van der Waals surface area contributed by atoms with Crippen LogP contribution in [0.1, 0.15) is 0 Å². The third-order valence-electron chi connectivity index (χ3n) is 0.331. The van der Waals surface area contributed by atoms with E-state index in [0.717, 1.165) is 0 Å². The molecule has 1 heterocycles. The largest absolute Gasteiger partial charge is 0.266 e. The fourth-order valence-electron chi connectivity index (χ4n) is 0.167. The van der Waals surface area contributed by atoms with Crippen LogP contribution in [0.25, 0.3) is 0 Å². The zero-order valence-corrected chi connectivity index (χ0v) is 7.70. The van der Waals surface area contributed by atoms with Crippen molar-refractivity contribution in [1.82, 2.24) is 15.2 Å². The Bertz CT molecular complexity index is 65.3. The van der Waals surface area contributed by atoms with Crippen molar-refractivity contribution < 1.29 is 0 Å². The molecule has 0 spiro atoms. The molecule has 0 aliphatic heterocycles. The third-order valence-corrected chi connectivity index (χ3v) is 0.331. The van der Waals surface area contributed by atoms with Gasteiger partial charge in [-0.1, -0.05) is 0 Å². The minimum Gasteiger partial charge on any atom is -0.266 e. The third kappa shape index (κ3) is 1.99. The SMILES string of the molecule is [Ba].c1nc[nH]n1. The van der Waals surface area contributed by atoms with E-state index < -0.39 is 0 Å². The molecule has 3 nitrogen and oxygen atoms in total. The van der Waals surface area contributed by atoms with Crippen molar-refractivity contribution in [2.24, 2.45) is 0 Å². The molecule has 0 atom stereocenters. The quantitative estimate of drug-likeness (QED) is 0.577. The van der Waals surface area contributed by atoms with Crippen LogP contribution in [0, 0.1) is 0 Å². The molecule has 0 saturated heterocycles. The molecule has 4 heteroatoms. The van der Waals surface area contributed by atoms with Crippen molar-refractivity contribution in [2.45, 2.75) is 0 Å². The van der Waals surface area contributed by atoms with Gasteiger partial charge in [0, 0.05) is 48.9 Å². The molecule has 0 aliphatic carbocycles. The average molecular weight is 206 g/mol. The Morgan fingerprint density at radius 3 is 2.50 bits per heavy atom. The van der Waals surface area contributed by atoms with Crippen molar-refractivity contribution in [3.8, 4) is 0 Å². The Morgan fingerprint density at radius 2 is 2.33 bits per heavy atom. The normalized spacial score (nSPS) is 6.67. The summed E-state index contributed by atoms with van der Waals surface area (Å²) in [6.45, 7) is 0. The molecule has 1 rings (SSSR count). The Balaban J connectivity index is 0.000000250. The fourth-order valence-corrected chi connectivity index (χ4v) is 0.167. The van der Waals surface area contributed by atoms with Crippen LogP contribution in [-0.4, -0.2) is 64.1 Å². The Labute approximate surface area is 75.6 Å². The van der Waals surface area contributed by atoms with E-state index in [0.29, 0.717) is 0 Å². The summed E-state index contributed by atoms with van der Waals surface area (Å²) in [5.41, 5.74) is 0. The van der Waals surface area contributed by atoms with Gasteiger partial charge in [0.15, 0.2) is 0 Å². The van der Waals surface area contributed by atoms with Crippen molar-refractivity contribution >= 4 is 48.9 Å². The zero-order chi connectivity index (χ0) is 3.54. The maximum absolute atomic E-state index is 3.56. The van der Waals surface area contributed by atoms with E-state index in [1.54, 1.807) is 0 Å². The molecule has 0 fully saturated rings. The fraction of sp³-hybridized carbons (Fsp3) is 0. The topological polar surface area (TPSA) is 41.6 Å². The first kappa shape index (κ1) is 6.71. The molecule has 0 unspecified atom stereocenters. The van der Waals surface area contributed by atoms with Crippen molar-refractivity contribution in [3.05, 3.63) is 12.7 Å². The maximum Gasteiger partial charge on any atom is 0.137 e. The molecule has 0 amide bonds. The number of nitrogens with zero attached hydrogens (tertiary/aromatic N) is 2. The first-order valence-electron chi connectivity index (χ1n) is 1.29. The summed E-state index contributed by atoms with van der Waals surface area (Å²) in [5.74, 6) is 0. The van der Waals surface area contributed by atoms with Crippen LogP contribution < -0.4 is 0 Å². The van der Waals surface area contributed by atoms with Crippen molar-refractivity contribution in [1.29, 1.82) is 0 Å². The molecule has 1 aromatic heterocycles. The molecule has 1 N–H and O–H groups in total. The summed E-state index contributed by atoms with van der Waals surface area (Å²) >= 11 is 0. The molecule has 0 aromatic carbocycles. The maximum atomic E-state index is 3.56. The number of H-pyrrole nitrogens is 1. The van der Waals surface area contributed by atoms with Crippen LogP contribution >= 0.6 is 0 Å². The van der Waals surface area contributed by atoms with Crippen LogP contribution in [0.5, 0.6) is 0 Å². The molecule has 0 saturated carbocycles. The number of rotatable bonds is 0. The number of hydrogen-bond acceptors (Lipinski definition) is 2. The standard InChI is InChI=1S/C2H3N3.Ba/c1-3-2-5-4-1;/h1-2H,(H,3,4,5);. The Morgan fingerprint density at radius 1 is 1.50 bits per heavy atom. The molecular formula is C2H3BaN3. The minimum absolute atomic E-state index is 0. The van der Waals surface area contributed by atoms with E-state index in [4.69, 9.17) is 0 Å². The van der Waals surface area contributed by atoms with Crippen LogP contribution in [0.15, 0.2) is 12.7 Å². The van der Waals surface area contributed by atoms with Crippen LogP contribution in [-0.2, 0) is 0 Å². The van der Waals surface area contributed by atoms with Crippen LogP contribution in [0.4, 0.5) is 0 Å². The number of hydrogen-bond donors (Lipinski definition) is 1. The van der Waals surface area contributed by atoms with Gasteiger partial charge in [-0.3, -0.25) is 5.10 Å². The van der Waals surface area contributed by atoms with Gasteiger partial charge in [-0.25, -0.2) is 4.98 Å². The second-order valence-electron chi connectivity index (χ2n) is 0.652. The number of aromatic amines is 1. The van der Waals surface area contributed by atoms with Crippen molar-refractivity contribution in [2.75, 3.05) is 0 Å². The molecular weight excluding hydrogens is 203 g/mol. The van der Waals surface area contributed by atoms with E-state index in [-0.39, 0.29) is 48.9 Å². The zero-order valence-electron chi connectivity index (χ0n) is 3.26. The van der Waals surface area contributed by atoms with E-state index in [2.05, 4.69) is 15.2 Å². The number of nitrogens with one attached hydrogen (secondary N) is 1. The smallest absolute Gasteiger partial charge is 0.137 e. The average Bonchev–Trinajstić information content (AvgIpc) is 1.76. The molecule has 2 radical (unpaired) electrons. The second kappa shape index (κ2) is 3.89. The van der Waals surface area contributed by atoms with E-state index in [1.165, 1.54) is 12.7 Å². The molecule has 0 aliphatic rings. The monoisotopic (exact) mass is 207 g/mol. The summed E-state index contributed by atoms with van der Waals surface area (Å²) in [4.78, 5) is 3.56. The van der Waals surface area contributed by atoms with E-state index >= 15 is 0 Å². The number of aromatic nitrogens is 3. The summed E-state index contributed by atoms with van der Waals surface area (Å²) in [7, 11) is 0. The summed E-state index contributed by atoms with van der Waals surface area (Å²) in [5, 5.41) is 5.99. The van der Waals surface area contributed by atoms with Gasteiger partial charge < -0.3 is 0 Å². The predicted octanol–water partition coefficient (Wildman–Crippen LogP) is -0.576. The Hall–Kier alpha value is 0.711. The summed E-state index contributed by atoms with van der Waals surface area (Å²) < 4.78 is 0. The van der Waals surface area contributed by atoms with Gasteiger partial charge in [0.1, 0.15) is 12.7 Å². The van der Waals surface area contributed by atoms with Gasteiger partial charge in [0.05, 0.1) is 0 Å². The van der Waals surface area contributed by atoms with Gasteiger partial charge in [-0.05, 0) is 0 Å².